The summed E-state index contributed by atoms with van der Waals surface area (Å²) in [5.74, 6) is 0.186. The van der Waals surface area contributed by atoms with Gasteiger partial charge >= 0.3 is 0 Å². The predicted molar refractivity (Wildman–Crippen MR) is 124 cm³/mol. The van der Waals surface area contributed by atoms with Crippen LogP contribution >= 0.6 is 0 Å². The lowest BCUT2D eigenvalue weighted by Gasteiger charge is -2.40. The van der Waals surface area contributed by atoms with Crippen molar-refractivity contribution in [3.05, 3.63) is 63.0 Å². The summed E-state index contributed by atoms with van der Waals surface area (Å²) in [4.78, 5) is 12.4. The minimum absolute atomic E-state index is 0.0100. The van der Waals surface area contributed by atoms with Crippen LogP contribution in [0, 0.1) is 0 Å². The van der Waals surface area contributed by atoms with E-state index in [1.54, 1.807) is 13.2 Å². The van der Waals surface area contributed by atoms with E-state index in [9.17, 15) is 20.1 Å². The van der Waals surface area contributed by atoms with Gasteiger partial charge in [-0.15, -0.1) is 0 Å². The molecule has 5 N–H and O–H groups in total. The molecule has 176 valence electrons. The molecule has 1 aliphatic rings. The highest BCUT2D eigenvalue weighted by Crippen LogP contribution is 2.43. The van der Waals surface area contributed by atoms with Gasteiger partial charge in [-0.25, -0.2) is 0 Å². The van der Waals surface area contributed by atoms with Crippen molar-refractivity contribution in [1.82, 2.24) is 0 Å². The number of aromatic hydroxyl groups is 1. The summed E-state index contributed by atoms with van der Waals surface area (Å²) in [6.45, 7) is 1.97. The van der Waals surface area contributed by atoms with Crippen LogP contribution in [-0.4, -0.2) is 40.7 Å². The van der Waals surface area contributed by atoms with Crippen molar-refractivity contribution in [2.45, 2.75) is 50.9 Å². The van der Waals surface area contributed by atoms with Crippen LogP contribution in [0.1, 0.15) is 35.8 Å². The first-order valence-corrected chi connectivity index (χ1v) is 10.9. The Morgan fingerprint density at radius 1 is 1.24 bits per heavy atom. The number of phenols is 1. The first-order chi connectivity index (χ1) is 15.8. The van der Waals surface area contributed by atoms with Crippen LogP contribution in [0.4, 0.5) is 5.69 Å². The Labute approximate surface area is 191 Å². The molecule has 0 amide bonds. The van der Waals surface area contributed by atoms with Crippen molar-refractivity contribution in [1.29, 1.82) is 0 Å². The van der Waals surface area contributed by atoms with E-state index in [0.29, 0.717) is 37.2 Å². The molecule has 2 aromatic carbocycles. The standard InChI is InChI=1S/C25H29NO7/c1-25(7-5-14-3-4-18(26)15(9-14)6-8-31-2)22(29)11-17-20(33-25)12-21-23(24(17)30)19(28)10-16(13-27)32-21/h3-4,9-10,12,22,27,29-30H,5-8,11,13,26H2,1-2H3/t22-,25-/m1/s1. The zero-order valence-corrected chi connectivity index (χ0v) is 18.8. The lowest BCUT2D eigenvalue weighted by atomic mass is 9.84. The predicted octanol–water partition coefficient (Wildman–Crippen LogP) is 2.45. The number of nitrogen functional groups attached to an aromatic ring is 1. The number of ether oxygens (including phenoxy) is 2. The number of aryl methyl sites for hydroxylation is 1. The fourth-order valence-electron chi connectivity index (χ4n) is 4.32. The topological polar surface area (TPSA) is 135 Å². The molecule has 1 aliphatic heterocycles. The van der Waals surface area contributed by atoms with Gasteiger partial charge in [0.05, 0.1) is 12.7 Å². The highest BCUT2D eigenvalue weighted by Gasteiger charge is 2.41. The van der Waals surface area contributed by atoms with Crippen LogP contribution in [0.3, 0.4) is 0 Å². The Kier molecular flexibility index (Phi) is 6.34. The van der Waals surface area contributed by atoms with Gasteiger partial charge < -0.3 is 34.9 Å². The molecule has 33 heavy (non-hydrogen) atoms. The maximum atomic E-state index is 12.4. The third-order valence-electron chi connectivity index (χ3n) is 6.40. The number of aliphatic hydroxyl groups excluding tert-OH is 2. The van der Waals surface area contributed by atoms with Gasteiger partial charge in [-0.3, -0.25) is 4.79 Å². The molecule has 0 saturated carbocycles. The largest absolute Gasteiger partial charge is 0.507 e. The van der Waals surface area contributed by atoms with E-state index in [2.05, 4.69) is 0 Å². The molecule has 0 aliphatic carbocycles. The molecule has 1 aromatic heterocycles. The number of fused-ring (bicyclic) bond motifs is 2. The Morgan fingerprint density at radius 2 is 2.03 bits per heavy atom. The Balaban J connectivity index is 1.61. The second-order valence-electron chi connectivity index (χ2n) is 8.72. The molecule has 3 aromatic rings. The van der Waals surface area contributed by atoms with Gasteiger partial charge in [0.2, 0.25) is 0 Å². The van der Waals surface area contributed by atoms with Gasteiger partial charge in [0, 0.05) is 36.9 Å². The molecule has 0 spiro atoms. The number of nitrogens with two attached hydrogens (primary N) is 1. The quantitative estimate of drug-likeness (QED) is 0.399. The van der Waals surface area contributed by atoms with Crippen LogP contribution in [-0.2, 0) is 30.6 Å². The summed E-state index contributed by atoms with van der Waals surface area (Å²) in [5, 5.41) is 31.0. The van der Waals surface area contributed by atoms with E-state index in [1.165, 1.54) is 0 Å². The average Bonchev–Trinajstić information content (AvgIpc) is 2.78. The van der Waals surface area contributed by atoms with Gasteiger partial charge in [0.1, 0.15) is 40.4 Å². The van der Waals surface area contributed by atoms with Gasteiger partial charge in [-0.2, -0.15) is 0 Å². The Morgan fingerprint density at radius 3 is 2.76 bits per heavy atom. The van der Waals surface area contributed by atoms with Crippen LogP contribution in [0.15, 0.2) is 39.5 Å². The van der Waals surface area contributed by atoms with Crippen LogP contribution in [0.25, 0.3) is 11.0 Å². The number of anilines is 1. The van der Waals surface area contributed by atoms with E-state index < -0.39 is 23.7 Å². The van der Waals surface area contributed by atoms with Crippen molar-refractivity contribution in [2.24, 2.45) is 0 Å². The SMILES string of the molecule is COCCc1cc(CC[C@@]2(C)Oc3cc4oc(CO)cc(=O)c4c(O)c3C[C@H]2O)ccc1N. The molecule has 0 radical (unpaired) electrons. The number of methoxy groups -OCH3 is 1. The van der Waals surface area contributed by atoms with E-state index >= 15 is 0 Å². The second kappa shape index (κ2) is 9.05. The zero-order chi connectivity index (χ0) is 23.8. The molecule has 8 heteroatoms. The van der Waals surface area contributed by atoms with Crippen LogP contribution < -0.4 is 15.9 Å². The molecule has 2 atom stereocenters. The number of hydrogen-bond donors (Lipinski definition) is 4. The number of phenolic OH excluding ortho intramolecular Hbond substituents is 1. The van der Waals surface area contributed by atoms with Crippen molar-refractivity contribution in [3.8, 4) is 11.5 Å². The van der Waals surface area contributed by atoms with Crippen molar-refractivity contribution < 1.29 is 29.2 Å². The third-order valence-corrected chi connectivity index (χ3v) is 6.40. The van der Waals surface area contributed by atoms with E-state index in [0.717, 1.165) is 22.9 Å². The van der Waals surface area contributed by atoms with E-state index in [1.807, 2.05) is 25.1 Å². The fraction of sp³-hybridized carbons (Fsp3) is 0.400. The number of benzene rings is 2. The van der Waals surface area contributed by atoms with E-state index in [4.69, 9.17) is 19.6 Å². The molecule has 0 fully saturated rings. The molecular formula is C25H29NO7. The highest BCUT2D eigenvalue weighted by atomic mass is 16.5. The smallest absolute Gasteiger partial charge is 0.196 e. The van der Waals surface area contributed by atoms with Gasteiger partial charge in [-0.1, -0.05) is 12.1 Å². The number of aliphatic hydroxyl groups is 2. The zero-order valence-electron chi connectivity index (χ0n) is 18.8. The first-order valence-electron chi connectivity index (χ1n) is 10.9. The minimum Gasteiger partial charge on any atom is -0.507 e. The highest BCUT2D eigenvalue weighted by molar-refractivity contribution is 5.87. The summed E-state index contributed by atoms with van der Waals surface area (Å²) in [7, 11) is 1.65. The molecule has 8 nitrogen and oxygen atoms in total. The Bertz CT molecular complexity index is 1240. The molecule has 0 bridgehead atoms. The average molecular weight is 456 g/mol. The maximum Gasteiger partial charge on any atom is 0.196 e. The summed E-state index contributed by atoms with van der Waals surface area (Å²) in [6, 6.07) is 8.57. The van der Waals surface area contributed by atoms with Gasteiger partial charge in [-0.05, 0) is 43.4 Å². The Hall–Kier alpha value is -3.07. The van der Waals surface area contributed by atoms with Crippen molar-refractivity contribution in [2.75, 3.05) is 19.5 Å². The maximum absolute atomic E-state index is 12.4. The first kappa shape index (κ1) is 23.1. The summed E-state index contributed by atoms with van der Waals surface area (Å²) >= 11 is 0. The monoisotopic (exact) mass is 455 g/mol. The normalized spacial score (nSPS) is 19.9. The summed E-state index contributed by atoms with van der Waals surface area (Å²) in [6.07, 6.45) is 1.12. The van der Waals surface area contributed by atoms with Crippen LogP contribution in [0.2, 0.25) is 0 Å². The lowest BCUT2D eigenvalue weighted by molar-refractivity contribution is -0.0595. The van der Waals surface area contributed by atoms with Gasteiger partial charge in [0.25, 0.3) is 0 Å². The van der Waals surface area contributed by atoms with Crippen molar-refractivity contribution >= 4 is 16.7 Å². The second-order valence-corrected chi connectivity index (χ2v) is 8.72. The lowest BCUT2D eigenvalue weighted by Crippen LogP contribution is -2.49. The third kappa shape index (κ3) is 4.42. The summed E-state index contributed by atoms with van der Waals surface area (Å²) < 4.78 is 16.9. The van der Waals surface area contributed by atoms with Crippen molar-refractivity contribution in [3.63, 3.8) is 0 Å². The number of rotatable bonds is 7. The number of hydrogen-bond acceptors (Lipinski definition) is 8. The van der Waals surface area contributed by atoms with E-state index in [-0.39, 0.29) is 28.9 Å². The van der Waals surface area contributed by atoms with Crippen LogP contribution in [0.5, 0.6) is 11.5 Å². The molecule has 4 rings (SSSR count). The fourth-order valence-corrected chi connectivity index (χ4v) is 4.32. The minimum atomic E-state index is -0.921. The van der Waals surface area contributed by atoms with Gasteiger partial charge in [0.15, 0.2) is 5.43 Å². The molecular weight excluding hydrogens is 426 g/mol. The molecule has 2 heterocycles. The summed E-state index contributed by atoms with van der Waals surface area (Å²) in [5.41, 5.74) is 7.98. The molecule has 0 saturated heterocycles. The molecule has 0 unspecified atom stereocenters.